The van der Waals surface area contributed by atoms with E-state index in [1.54, 1.807) is 38.5 Å². The van der Waals surface area contributed by atoms with Gasteiger partial charge in [0.1, 0.15) is 11.5 Å². The molecular weight excluding hydrogens is 507 g/mol. The van der Waals surface area contributed by atoms with Crippen LogP contribution in [-0.4, -0.2) is 40.6 Å². The van der Waals surface area contributed by atoms with Gasteiger partial charge in [-0.3, -0.25) is 0 Å². The maximum atomic E-state index is 13.3. The van der Waals surface area contributed by atoms with E-state index in [1.165, 1.54) is 10.6 Å². The van der Waals surface area contributed by atoms with Crippen LogP contribution >= 0.6 is 11.6 Å². The summed E-state index contributed by atoms with van der Waals surface area (Å²) in [5, 5.41) is 12.9. The quantitative estimate of drug-likeness (QED) is 0.268. The molecule has 11 heteroatoms. The number of ether oxygens (including phenoxy) is 2. The largest absolute Gasteiger partial charge is 0.493 e. The van der Waals surface area contributed by atoms with Gasteiger partial charge in [-0.2, -0.15) is 17.7 Å². The molecule has 37 heavy (non-hydrogen) atoms. The number of methoxy groups -OCH3 is 2. The first-order valence-corrected chi connectivity index (χ1v) is 11.6. The Bertz CT molecular complexity index is 1600. The zero-order valence-corrected chi connectivity index (χ0v) is 20.6. The summed E-state index contributed by atoms with van der Waals surface area (Å²) in [4.78, 5) is 4.71. The van der Waals surface area contributed by atoms with E-state index in [0.717, 1.165) is 17.7 Å². The SMILES string of the molecule is COc1ccc(CCNc2nc3c(-c4cccc(C(F)(F)F)c4)nnn3c3ccc(Cl)cc23)cc1OC. The van der Waals surface area contributed by atoms with E-state index < -0.39 is 11.7 Å². The second-order valence-electron chi connectivity index (χ2n) is 8.24. The van der Waals surface area contributed by atoms with Gasteiger partial charge in [0, 0.05) is 22.5 Å². The number of anilines is 1. The number of aromatic nitrogens is 4. The first-order valence-electron chi connectivity index (χ1n) is 11.3. The summed E-state index contributed by atoms with van der Waals surface area (Å²) in [6.45, 7) is 0.515. The van der Waals surface area contributed by atoms with Gasteiger partial charge >= 0.3 is 6.18 Å². The van der Waals surface area contributed by atoms with E-state index in [9.17, 15) is 13.2 Å². The van der Waals surface area contributed by atoms with Crippen LogP contribution in [0.1, 0.15) is 11.1 Å². The van der Waals surface area contributed by atoms with Crippen LogP contribution in [0.3, 0.4) is 0 Å². The third-order valence-corrected chi connectivity index (χ3v) is 6.16. The van der Waals surface area contributed by atoms with Crippen molar-refractivity contribution in [2.45, 2.75) is 12.6 Å². The second-order valence-corrected chi connectivity index (χ2v) is 8.68. The standard InChI is InChI=1S/C26H21ClF3N5O2/c1-36-21-9-6-15(12-22(21)37-2)10-11-31-24-19-14-18(27)7-8-20(19)35-25(32-24)23(33-34-35)16-4-3-5-17(13-16)26(28,29)30/h3-9,12-14H,10-11H2,1-2H3,(H,31,32). The molecule has 190 valence electrons. The molecule has 7 nitrogen and oxygen atoms in total. The van der Waals surface area contributed by atoms with Crippen molar-refractivity contribution in [3.63, 3.8) is 0 Å². The lowest BCUT2D eigenvalue weighted by molar-refractivity contribution is -0.137. The predicted octanol–water partition coefficient (Wildman–Crippen LogP) is 6.29. The molecule has 0 aliphatic heterocycles. The fraction of sp³-hybridized carbons (Fsp3) is 0.192. The Labute approximate surface area is 214 Å². The minimum Gasteiger partial charge on any atom is -0.493 e. The van der Waals surface area contributed by atoms with E-state index in [1.807, 2.05) is 18.2 Å². The number of nitrogens with one attached hydrogen (secondary N) is 1. The Morgan fingerprint density at radius 2 is 1.78 bits per heavy atom. The summed E-state index contributed by atoms with van der Waals surface area (Å²) in [6, 6.07) is 15.9. The zero-order valence-electron chi connectivity index (χ0n) is 19.8. The number of fused-ring (bicyclic) bond motifs is 3. The molecule has 0 spiro atoms. The predicted molar refractivity (Wildman–Crippen MR) is 135 cm³/mol. The number of nitrogens with zero attached hydrogens (tertiary/aromatic N) is 4. The van der Waals surface area contributed by atoms with Crippen LogP contribution < -0.4 is 14.8 Å². The van der Waals surface area contributed by atoms with Gasteiger partial charge in [-0.05, 0) is 54.4 Å². The van der Waals surface area contributed by atoms with Crippen molar-refractivity contribution in [1.82, 2.24) is 19.8 Å². The number of hydrogen-bond acceptors (Lipinski definition) is 6. The summed E-state index contributed by atoms with van der Waals surface area (Å²) in [5.74, 6) is 1.79. The van der Waals surface area contributed by atoms with Gasteiger partial charge in [0.25, 0.3) is 0 Å². The fourth-order valence-corrected chi connectivity index (χ4v) is 4.29. The summed E-state index contributed by atoms with van der Waals surface area (Å²) < 4.78 is 52.1. The first kappa shape index (κ1) is 24.6. The maximum Gasteiger partial charge on any atom is 0.416 e. The average Bonchev–Trinajstić information content (AvgIpc) is 3.32. The molecule has 5 aromatic rings. The molecule has 0 unspecified atom stereocenters. The molecule has 0 fully saturated rings. The number of rotatable bonds is 7. The van der Waals surface area contributed by atoms with Crippen LogP contribution in [0.5, 0.6) is 11.5 Å². The number of alkyl halides is 3. The maximum absolute atomic E-state index is 13.3. The summed E-state index contributed by atoms with van der Waals surface area (Å²) in [7, 11) is 3.16. The number of halogens is 4. The molecule has 0 bridgehead atoms. The van der Waals surface area contributed by atoms with E-state index >= 15 is 0 Å². The normalized spacial score (nSPS) is 11.7. The van der Waals surface area contributed by atoms with Crippen LogP contribution in [0, 0.1) is 0 Å². The van der Waals surface area contributed by atoms with Gasteiger partial charge in [0.15, 0.2) is 17.1 Å². The Kier molecular flexibility index (Phi) is 6.51. The van der Waals surface area contributed by atoms with Gasteiger partial charge in [-0.1, -0.05) is 35.0 Å². The van der Waals surface area contributed by atoms with Crippen molar-refractivity contribution in [3.8, 4) is 22.8 Å². The topological polar surface area (TPSA) is 73.6 Å². The average molecular weight is 528 g/mol. The monoisotopic (exact) mass is 527 g/mol. The fourth-order valence-electron chi connectivity index (χ4n) is 4.11. The highest BCUT2D eigenvalue weighted by atomic mass is 35.5. The summed E-state index contributed by atoms with van der Waals surface area (Å²) in [6.07, 6.45) is -3.83. The Morgan fingerprint density at radius 3 is 2.54 bits per heavy atom. The van der Waals surface area contributed by atoms with Crippen molar-refractivity contribution in [2.24, 2.45) is 0 Å². The molecule has 0 radical (unpaired) electrons. The molecule has 0 aliphatic carbocycles. The second kappa shape index (κ2) is 9.78. The Balaban J connectivity index is 1.53. The van der Waals surface area contributed by atoms with Gasteiger partial charge in [0.05, 0.1) is 25.3 Å². The molecule has 0 atom stereocenters. The minimum atomic E-state index is -4.48. The van der Waals surface area contributed by atoms with Crippen LogP contribution in [-0.2, 0) is 12.6 Å². The highest BCUT2D eigenvalue weighted by molar-refractivity contribution is 6.31. The summed E-state index contributed by atoms with van der Waals surface area (Å²) >= 11 is 6.26. The molecule has 3 aromatic carbocycles. The van der Waals surface area contributed by atoms with Crippen molar-refractivity contribution >= 4 is 34.0 Å². The van der Waals surface area contributed by atoms with Crippen LogP contribution in [0.4, 0.5) is 19.0 Å². The van der Waals surface area contributed by atoms with Crippen molar-refractivity contribution in [1.29, 1.82) is 0 Å². The summed E-state index contributed by atoms with van der Waals surface area (Å²) in [5.41, 5.74) is 1.74. The zero-order chi connectivity index (χ0) is 26.2. The van der Waals surface area contributed by atoms with Gasteiger partial charge in [0.2, 0.25) is 0 Å². The smallest absolute Gasteiger partial charge is 0.416 e. The van der Waals surface area contributed by atoms with Gasteiger partial charge in [-0.15, -0.1) is 5.10 Å². The third kappa shape index (κ3) is 4.84. The molecule has 0 saturated heterocycles. The van der Waals surface area contributed by atoms with Crippen molar-refractivity contribution in [2.75, 3.05) is 26.1 Å². The lowest BCUT2D eigenvalue weighted by atomic mass is 10.1. The Hall–Kier alpha value is -4.05. The van der Waals surface area contributed by atoms with Crippen LogP contribution in [0.25, 0.3) is 27.8 Å². The first-order chi connectivity index (χ1) is 17.8. The minimum absolute atomic E-state index is 0.242. The molecule has 0 aliphatic rings. The molecule has 2 heterocycles. The molecular formula is C26H21ClF3N5O2. The van der Waals surface area contributed by atoms with Gasteiger partial charge < -0.3 is 14.8 Å². The molecule has 2 aromatic heterocycles. The van der Waals surface area contributed by atoms with E-state index in [0.29, 0.717) is 51.9 Å². The molecule has 1 N–H and O–H groups in total. The lowest BCUT2D eigenvalue weighted by Gasteiger charge is -2.12. The van der Waals surface area contributed by atoms with E-state index in [-0.39, 0.29) is 11.3 Å². The van der Waals surface area contributed by atoms with Crippen molar-refractivity contribution in [3.05, 3.63) is 76.8 Å². The van der Waals surface area contributed by atoms with Crippen LogP contribution in [0.15, 0.2) is 60.7 Å². The Morgan fingerprint density at radius 1 is 0.973 bits per heavy atom. The molecule has 5 rings (SSSR count). The third-order valence-electron chi connectivity index (χ3n) is 5.92. The highest BCUT2D eigenvalue weighted by Gasteiger charge is 2.31. The van der Waals surface area contributed by atoms with E-state index in [4.69, 9.17) is 26.1 Å². The van der Waals surface area contributed by atoms with Crippen LogP contribution in [0.2, 0.25) is 5.02 Å². The number of hydrogen-bond donors (Lipinski definition) is 1. The molecule has 0 saturated carbocycles. The lowest BCUT2D eigenvalue weighted by Crippen LogP contribution is -2.09. The number of benzene rings is 3. The van der Waals surface area contributed by atoms with E-state index in [2.05, 4.69) is 15.6 Å². The molecule has 0 amide bonds. The van der Waals surface area contributed by atoms with Gasteiger partial charge in [-0.25, -0.2) is 4.98 Å². The van der Waals surface area contributed by atoms with Crippen molar-refractivity contribution < 1.29 is 22.6 Å². The highest BCUT2D eigenvalue weighted by Crippen LogP contribution is 2.34.